The number of piperidine rings is 3. The molecule has 0 radical (unpaired) electrons. The van der Waals surface area contributed by atoms with Crippen molar-refractivity contribution in [3.63, 3.8) is 0 Å². The van der Waals surface area contributed by atoms with E-state index >= 15 is 0 Å². The third-order valence-electron chi connectivity index (χ3n) is 10.8. The molecule has 2 aromatic carbocycles. The largest absolute Gasteiger partial charge is 0.454 e. The maximum atomic E-state index is 13.5. The number of fused-ring (bicyclic) bond motifs is 1. The van der Waals surface area contributed by atoms with Gasteiger partial charge in [-0.3, -0.25) is 29.2 Å². The summed E-state index contributed by atoms with van der Waals surface area (Å²) in [6.07, 6.45) is 7.50. The summed E-state index contributed by atoms with van der Waals surface area (Å²) < 4.78 is 8.68. The number of aromatic nitrogens is 5. The predicted molar refractivity (Wildman–Crippen MR) is 209 cm³/mol. The quantitative estimate of drug-likeness (QED) is 0.175. The van der Waals surface area contributed by atoms with E-state index in [1.54, 1.807) is 35.1 Å². The number of pyridine rings is 1. The van der Waals surface area contributed by atoms with Gasteiger partial charge in [0, 0.05) is 75.3 Å². The zero-order chi connectivity index (χ0) is 38.2. The topological polar surface area (TPSA) is 167 Å². The molecule has 0 aliphatic carbocycles. The van der Waals surface area contributed by atoms with E-state index < -0.39 is 0 Å². The van der Waals surface area contributed by atoms with Crippen LogP contribution in [0.5, 0.6) is 11.5 Å². The van der Waals surface area contributed by atoms with Crippen molar-refractivity contribution in [3.8, 4) is 22.9 Å². The lowest BCUT2D eigenvalue weighted by molar-refractivity contribution is -0.134. The first kappa shape index (κ1) is 36.4. The van der Waals surface area contributed by atoms with Crippen molar-refractivity contribution < 1.29 is 23.9 Å². The van der Waals surface area contributed by atoms with Crippen molar-refractivity contribution in [2.75, 3.05) is 31.1 Å². The number of likely N-dealkylation sites (tertiary alicyclic amines) is 1. The van der Waals surface area contributed by atoms with Gasteiger partial charge in [0.2, 0.25) is 17.7 Å². The molecule has 284 valence electrons. The Morgan fingerprint density at radius 2 is 1.75 bits per heavy atom. The van der Waals surface area contributed by atoms with Gasteiger partial charge in [-0.2, -0.15) is 5.10 Å². The van der Waals surface area contributed by atoms with E-state index in [-0.39, 0.29) is 41.5 Å². The number of carbonyl (C=O) groups excluding carboxylic acids is 4. The second-order valence-corrected chi connectivity index (χ2v) is 15.5. The maximum absolute atomic E-state index is 13.5. The summed E-state index contributed by atoms with van der Waals surface area (Å²) in [5, 5.41) is 10.1. The number of nitrogens with one attached hydrogen (secondary N) is 3. The van der Waals surface area contributed by atoms with Crippen LogP contribution in [-0.4, -0.2) is 85.5 Å². The minimum atomic E-state index is -0.310. The van der Waals surface area contributed by atoms with Crippen LogP contribution < -0.4 is 20.3 Å². The lowest BCUT2D eigenvalue weighted by Gasteiger charge is -2.36. The summed E-state index contributed by atoms with van der Waals surface area (Å²) in [5.41, 5.74) is 5.38. The fourth-order valence-electron chi connectivity index (χ4n) is 7.86. The number of amides is 4. The molecule has 3 fully saturated rings. The van der Waals surface area contributed by atoms with Crippen LogP contribution in [0.3, 0.4) is 0 Å². The molecular formula is C40H42BrN9O5. The molecule has 1 unspecified atom stereocenters. The van der Waals surface area contributed by atoms with E-state index in [1.807, 2.05) is 49.3 Å². The van der Waals surface area contributed by atoms with Gasteiger partial charge in [0.15, 0.2) is 11.4 Å². The van der Waals surface area contributed by atoms with E-state index in [0.29, 0.717) is 83.8 Å². The molecule has 55 heavy (non-hydrogen) atoms. The third-order valence-corrected chi connectivity index (χ3v) is 11.4. The van der Waals surface area contributed by atoms with Crippen molar-refractivity contribution in [2.45, 2.75) is 57.4 Å². The molecule has 4 amide bonds. The van der Waals surface area contributed by atoms with Crippen LogP contribution in [0.25, 0.3) is 22.6 Å². The zero-order valence-electron chi connectivity index (χ0n) is 30.7. The monoisotopic (exact) mass is 807 g/mol. The number of ether oxygens (including phenoxy) is 1. The van der Waals surface area contributed by atoms with Crippen LogP contribution in [0.1, 0.15) is 66.1 Å². The number of imide groups is 1. The number of benzene rings is 2. The molecule has 0 saturated carbocycles. The minimum Gasteiger partial charge on any atom is -0.454 e. The molecular weight excluding hydrogens is 766 g/mol. The Hall–Kier alpha value is -5.57. The highest BCUT2D eigenvalue weighted by Crippen LogP contribution is 2.37. The SMILES string of the molecule is Cc1nn(C)cc1-c1nc2ncc(Br)c(Oc3ccc(C(=O)N4CCC(C(=O)NC5CCCN(c6ccc([C@@H]7CCC(=O)NC7=O)cc6)C5)CC4)cc3)c2[nH]1. The van der Waals surface area contributed by atoms with Gasteiger partial charge in [-0.25, -0.2) is 9.97 Å². The van der Waals surface area contributed by atoms with E-state index in [9.17, 15) is 19.2 Å². The maximum Gasteiger partial charge on any atom is 0.253 e. The molecule has 0 bridgehead atoms. The number of imidazole rings is 1. The molecule has 8 rings (SSSR count). The van der Waals surface area contributed by atoms with Crippen LogP contribution in [0.4, 0.5) is 5.69 Å². The second kappa shape index (κ2) is 15.3. The molecule has 3 N–H and O–H groups in total. The van der Waals surface area contributed by atoms with Gasteiger partial charge in [0.25, 0.3) is 5.91 Å². The van der Waals surface area contributed by atoms with Gasteiger partial charge in [-0.15, -0.1) is 0 Å². The summed E-state index contributed by atoms with van der Waals surface area (Å²) in [4.78, 5) is 67.2. The summed E-state index contributed by atoms with van der Waals surface area (Å²) >= 11 is 3.56. The van der Waals surface area contributed by atoms with Gasteiger partial charge < -0.3 is 24.8 Å². The smallest absolute Gasteiger partial charge is 0.253 e. The first-order valence-corrected chi connectivity index (χ1v) is 19.5. The van der Waals surface area contributed by atoms with Crippen LogP contribution >= 0.6 is 15.9 Å². The Morgan fingerprint density at radius 1 is 0.982 bits per heavy atom. The Labute approximate surface area is 326 Å². The summed E-state index contributed by atoms with van der Waals surface area (Å²) in [7, 11) is 1.86. The molecule has 0 spiro atoms. The first-order chi connectivity index (χ1) is 26.6. The number of hydrogen-bond donors (Lipinski definition) is 3. The second-order valence-electron chi connectivity index (χ2n) is 14.6. The molecule has 6 heterocycles. The number of carbonyl (C=O) groups is 4. The molecule has 5 aromatic rings. The van der Waals surface area contributed by atoms with Crippen molar-refractivity contribution in [1.29, 1.82) is 0 Å². The molecule has 3 saturated heterocycles. The molecule has 14 nitrogen and oxygen atoms in total. The van der Waals surface area contributed by atoms with Gasteiger partial charge >= 0.3 is 0 Å². The Morgan fingerprint density at radius 3 is 2.45 bits per heavy atom. The Balaban J connectivity index is 0.832. The Bertz CT molecular complexity index is 2260. The van der Waals surface area contributed by atoms with Gasteiger partial charge in [0.05, 0.1) is 21.6 Å². The summed E-state index contributed by atoms with van der Waals surface area (Å²) in [6.45, 7) is 4.53. The average Bonchev–Trinajstić information content (AvgIpc) is 3.78. The van der Waals surface area contributed by atoms with Crippen molar-refractivity contribution in [3.05, 3.63) is 82.2 Å². The normalized spacial score (nSPS) is 19.4. The van der Waals surface area contributed by atoms with Crippen molar-refractivity contribution in [1.82, 2.24) is 40.3 Å². The van der Waals surface area contributed by atoms with E-state index in [4.69, 9.17) is 4.74 Å². The molecule has 2 atom stereocenters. The highest BCUT2D eigenvalue weighted by atomic mass is 79.9. The molecule has 3 aromatic heterocycles. The number of aryl methyl sites for hydroxylation is 2. The van der Waals surface area contributed by atoms with Crippen LogP contribution in [-0.2, 0) is 21.4 Å². The number of hydrogen-bond acceptors (Lipinski definition) is 9. The van der Waals surface area contributed by atoms with Crippen molar-refractivity contribution >= 4 is 56.4 Å². The fraction of sp³-hybridized carbons (Fsp3) is 0.375. The fourth-order valence-corrected chi connectivity index (χ4v) is 8.24. The lowest BCUT2D eigenvalue weighted by Crippen LogP contribution is -2.51. The number of rotatable bonds is 8. The Kier molecular flexibility index (Phi) is 10.1. The summed E-state index contributed by atoms with van der Waals surface area (Å²) in [6, 6.07) is 15.1. The minimum absolute atomic E-state index is 0.0287. The third kappa shape index (κ3) is 7.70. The highest BCUT2D eigenvalue weighted by molar-refractivity contribution is 9.10. The lowest BCUT2D eigenvalue weighted by atomic mass is 9.90. The number of H-pyrrole nitrogens is 1. The van der Waals surface area contributed by atoms with Crippen LogP contribution in [0.2, 0.25) is 0 Å². The van der Waals surface area contributed by atoms with Gasteiger partial charge in [-0.1, -0.05) is 12.1 Å². The number of halogens is 1. The molecule has 3 aliphatic rings. The predicted octanol–water partition coefficient (Wildman–Crippen LogP) is 5.38. The van der Waals surface area contributed by atoms with E-state index in [2.05, 4.69) is 51.5 Å². The molecule has 3 aliphatic heterocycles. The van der Waals surface area contributed by atoms with Gasteiger partial charge in [0.1, 0.15) is 17.1 Å². The first-order valence-electron chi connectivity index (χ1n) is 18.7. The van der Waals surface area contributed by atoms with Gasteiger partial charge in [-0.05, 0) is 96.9 Å². The highest BCUT2D eigenvalue weighted by Gasteiger charge is 2.31. The van der Waals surface area contributed by atoms with Crippen LogP contribution in [0.15, 0.2) is 65.4 Å². The summed E-state index contributed by atoms with van der Waals surface area (Å²) in [5.74, 6) is 0.793. The number of anilines is 1. The zero-order valence-corrected chi connectivity index (χ0v) is 32.3. The molecule has 15 heteroatoms. The number of aromatic amines is 1. The van der Waals surface area contributed by atoms with Crippen LogP contribution in [0, 0.1) is 12.8 Å². The average molecular weight is 809 g/mol. The van der Waals surface area contributed by atoms with Crippen molar-refractivity contribution in [2.24, 2.45) is 13.0 Å². The van der Waals surface area contributed by atoms with E-state index in [0.717, 1.165) is 41.9 Å². The number of nitrogens with zero attached hydrogens (tertiary/aromatic N) is 6. The standard InChI is InChI=1S/C40H42BrN9O5/c1-23-31(22-48(2)47-23)36-45-34-35(32(41)20-42-37(34)46-36)55-29-11-7-26(8-12-29)40(54)49-18-15-25(16-19-49)38(52)43-27-4-3-17-50(21-27)28-9-5-24(6-10-28)30-13-14-33(51)44-39(30)53/h5-12,20,22,25,27,30H,3-4,13-19,21H2,1-2H3,(H,43,52)(H,42,45,46)(H,44,51,53)/t27?,30-/m0/s1. The van der Waals surface area contributed by atoms with E-state index in [1.165, 1.54) is 0 Å².